The number of carbonyl (C=O) groups is 2. The summed E-state index contributed by atoms with van der Waals surface area (Å²) in [6.45, 7) is 1.48. The van der Waals surface area contributed by atoms with Gasteiger partial charge in [-0.25, -0.2) is 17.7 Å². The molecule has 0 aliphatic carbocycles. The van der Waals surface area contributed by atoms with Gasteiger partial charge in [-0.2, -0.15) is 0 Å². The van der Waals surface area contributed by atoms with Crippen LogP contribution in [-0.2, 0) is 16.6 Å². The third-order valence-electron chi connectivity index (χ3n) is 3.47. The van der Waals surface area contributed by atoms with Crippen LogP contribution in [0.1, 0.15) is 30.7 Å². The highest BCUT2D eigenvalue weighted by Gasteiger charge is 2.41. The highest BCUT2D eigenvalue weighted by molar-refractivity contribution is 7.90. The second-order valence-corrected chi connectivity index (χ2v) is 7.83. The van der Waals surface area contributed by atoms with E-state index in [-0.39, 0.29) is 22.9 Å². The Balaban J connectivity index is 1.96. The van der Waals surface area contributed by atoms with Crippen LogP contribution in [0.15, 0.2) is 29.2 Å². The maximum absolute atomic E-state index is 12.5. The van der Waals surface area contributed by atoms with Crippen LogP contribution in [0, 0.1) is 6.92 Å². The van der Waals surface area contributed by atoms with Crippen LogP contribution in [0.2, 0.25) is 0 Å². The number of aryl methyl sites for hydroxylation is 1. The highest BCUT2D eigenvalue weighted by Crippen LogP contribution is 2.32. The Morgan fingerprint density at radius 1 is 1.35 bits per heavy atom. The van der Waals surface area contributed by atoms with Gasteiger partial charge in [-0.05, 0) is 19.1 Å². The fourth-order valence-electron chi connectivity index (χ4n) is 2.35. The molecule has 1 aliphatic rings. The number of benzene rings is 1. The maximum atomic E-state index is 12.5. The Bertz CT molecular complexity index is 918. The van der Waals surface area contributed by atoms with E-state index in [2.05, 4.69) is 10.3 Å². The summed E-state index contributed by atoms with van der Waals surface area (Å²) in [5.74, 6) is -0.861. The highest BCUT2D eigenvalue weighted by atomic mass is 32.2. The molecular formula is C14H13N3O4S2. The first-order valence-electron chi connectivity index (χ1n) is 6.70. The Hall–Kier alpha value is -2.26. The summed E-state index contributed by atoms with van der Waals surface area (Å²) in [5, 5.41) is 2.90. The lowest BCUT2D eigenvalue weighted by atomic mass is 10.2. The maximum Gasteiger partial charge on any atom is 0.269 e. The number of aromatic nitrogens is 1. The van der Waals surface area contributed by atoms with E-state index in [0.717, 1.165) is 15.6 Å². The van der Waals surface area contributed by atoms with E-state index in [9.17, 15) is 18.0 Å². The van der Waals surface area contributed by atoms with Crippen LogP contribution in [0.25, 0.3) is 0 Å². The van der Waals surface area contributed by atoms with E-state index >= 15 is 0 Å². The van der Waals surface area contributed by atoms with Gasteiger partial charge in [-0.3, -0.25) is 9.59 Å². The summed E-state index contributed by atoms with van der Waals surface area (Å²) in [6, 6.07) is 6.08. The second-order valence-electron chi connectivity index (χ2n) is 4.91. The molecule has 120 valence electrons. The van der Waals surface area contributed by atoms with Gasteiger partial charge in [0.25, 0.3) is 21.8 Å². The van der Waals surface area contributed by atoms with Crippen molar-refractivity contribution in [1.29, 1.82) is 0 Å². The molecule has 0 spiro atoms. The van der Waals surface area contributed by atoms with Gasteiger partial charge in [-0.1, -0.05) is 12.1 Å². The first-order chi connectivity index (χ1) is 10.9. The minimum absolute atomic E-state index is 0.00445. The summed E-state index contributed by atoms with van der Waals surface area (Å²) in [6.07, 6.45) is 0. The summed E-state index contributed by atoms with van der Waals surface area (Å²) < 4.78 is 25.8. The van der Waals surface area contributed by atoms with Crippen LogP contribution in [0.4, 0.5) is 0 Å². The van der Waals surface area contributed by atoms with Crippen molar-refractivity contribution in [1.82, 2.24) is 14.6 Å². The lowest BCUT2D eigenvalue weighted by Gasteiger charge is -2.12. The molecule has 0 atom stereocenters. The molecule has 0 unspecified atom stereocenters. The average molecular weight is 351 g/mol. The lowest BCUT2D eigenvalue weighted by Crippen LogP contribution is -2.29. The molecular weight excluding hydrogens is 338 g/mol. The van der Waals surface area contributed by atoms with Crippen molar-refractivity contribution in [2.45, 2.75) is 18.4 Å². The largest absolute Gasteiger partial charge is 0.354 e. The molecule has 2 aromatic rings. The first kappa shape index (κ1) is 15.6. The van der Waals surface area contributed by atoms with Gasteiger partial charge in [0.05, 0.1) is 17.8 Å². The van der Waals surface area contributed by atoms with Crippen molar-refractivity contribution < 1.29 is 18.0 Å². The van der Waals surface area contributed by atoms with Crippen LogP contribution in [0.3, 0.4) is 0 Å². The smallest absolute Gasteiger partial charge is 0.269 e. The van der Waals surface area contributed by atoms with E-state index in [1.54, 1.807) is 19.1 Å². The summed E-state index contributed by atoms with van der Waals surface area (Å²) in [5.41, 5.74) is 0.665. The molecule has 1 aromatic heterocycles. The fourth-order valence-corrected chi connectivity index (χ4v) is 4.97. The van der Waals surface area contributed by atoms with E-state index in [0.29, 0.717) is 15.6 Å². The molecule has 9 heteroatoms. The number of hydrogen-bond donors (Lipinski definition) is 1. The van der Waals surface area contributed by atoms with Crippen molar-refractivity contribution in [3.05, 3.63) is 45.4 Å². The van der Waals surface area contributed by atoms with Crippen LogP contribution in [-0.4, -0.2) is 36.6 Å². The minimum atomic E-state index is -3.87. The van der Waals surface area contributed by atoms with Gasteiger partial charge < -0.3 is 5.32 Å². The van der Waals surface area contributed by atoms with E-state index in [1.165, 1.54) is 19.2 Å². The molecule has 0 saturated carbocycles. The number of nitrogens with one attached hydrogen (secondary N) is 1. The molecule has 1 aromatic carbocycles. The van der Waals surface area contributed by atoms with Crippen molar-refractivity contribution in [3.63, 3.8) is 0 Å². The number of hydrogen-bond acceptors (Lipinski definition) is 6. The molecule has 0 bridgehead atoms. The summed E-state index contributed by atoms with van der Waals surface area (Å²) in [7, 11) is -2.37. The Morgan fingerprint density at radius 3 is 2.70 bits per heavy atom. The number of sulfonamides is 1. The second kappa shape index (κ2) is 5.43. The first-order valence-corrected chi connectivity index (χ1v) is 8.96. The third kappa shape index (κ3) is 2.41. The van der Waals surface area contributed by atoms with Crippen molar-refractivity contribution in [3.8, 4) is 0 Å². The van der Waals surface area contributed by atoms with E-state index in [4.69, 9.17) is 0 Å². The summed E-state index contributed by atoms with van der Waals surface area (Å²) in [4.78, 5) is 28.7. The zero-order valence-corrected chi connectivity index (χ0v) is 14.0. The molecule has 7 nitrogen and oxygen atoms in total. The average Bonchev–Trinajstić information content (AvgIpc) is 2.99. The number of carbonyl (C=O) groups excluding carboxylic acids is 2. The topological polar surface area (TPSA) is 96.4 Å². The van der Waals surface area contributed by atoms with Gasteiger partial charge in [0, 0.05) is 7.05 Å². The zero-order valence-electron chi connectivity index (χ0n) is 12.4. The van der Waals surface area contributed by atoms with Gasteiger partial charge in [0.15, 0.2) is 0 Å². The fraction of sp³-hybridized carbons (Fsp3) is 0.214. The van der Waals surface area contributed by atoms with E-state index < -0.39 is 15.9 Å². The molecule has 2 amide bonds. The predicted octanol–water partition coefficient (Wildman–Crippen LogP) is 1.16. The van der Waals surface area contributed by atoms with Gasteiger partial charge >= 0.3 is 0 Å². The van der Waals surface area contributed by atoms with Crippen LogP contribution >= 0.6 is 11.3 Å². The van der Waals surface area contributed by atoms with Crippen LogP contribution < -0.4 is 5.32 Å². The Morgan fingerprint density at radius 2 is 2.04 bits per heavy atom. The number of nitrogens with zero attached hydrogens (tertiary/aromatic N) is 2. The predicted molar refractivity (Wildman–Crippen MR) is 83.7 cm³/mol. The third-order valence-corrected chi connectivity index (χ3v) is 6.39. The van der Waals surface area contributed by atoms with Crippen molar-refractivity contribution >= 4 is 33.2 Å². The molecule has 0 fully saturated rings. The molecule has 1 aliphatic heterocycles. The quantitative estimate of drug-likeness (QED) is 0.895. The standard InChI is InChI=1S/C14H13N3O4S2/c1-8-12(13(18)15-2)22-11(16-8)7-17-14(19)9-5-3-4-6-10(9)23(17,20)21/h3-6H,7H2,1-2H3,(H,15,18). The zero-order chi connectivity index (χ0) is 16.8. The molecule has 2 heterocycles. The molecule has 3 rings (SSSR count). The van der Waals surface area contributed by atoms with Gasteiger partial charge in [-0.15, -0.1) is 11.3 Å². The van der Waals surface area contributed by atoms with E-state index in [1.807, 2.05) is 0 Å². The molecule has 23 heavy (non-hydrogen) atoms. The number of amides is 2. The normalized spacial score (nSPS) is 15.6. The monoisotopic (exact) mass is 351 g/mol. The van der Waals surface area contributed by atoms with Gasteiger partial charge in [0.2, 0.25) is 0 Å². The Kier molecular flexibility index (Phi) is 3.69. The van der Waals surface area contributed by atoms with Gasteiger partial charge in [0.1, 0.15) is 14.8 Å². The molecule has 0 saturated heterocycles. The van der Waals surface area contributed by atoms with Crippen LogP contribution in [0.5, 0.6) is 0 Å². The Labute approximate surface area is 137 Å². The number of rotatable bonds is 3. The number of fused-ring (bicyclic) bond motifs is 1. The minimum Gasteiger partial charge on any atom is -0.354 e. The molecule has 0 radical (unpaired) electrons. The molecule has 1 N–H and O–H groups in total. The lowest BCUT2D eigenvalue weighted by molar-refractivity contribution is 0.0864. The number of thiazole rings is 1. The SMILES string of the molecule is CNC(=O)c1sc(CN2C(=O)c3ccccc3S2(=O)=O)nc1C. The summed E-state index contributed by atoms with van der Waals surface area (Å²) >= 11 is 1.08. The van der Waals surface area contributed by atoms with Crippen molar-refractivity contribution in [2.24, 2.45) is 0 Å². The van der Waals surface area contributed by atoms with Crippen molar-refractivity contribution in [2.75, 3.05) is 7.05 Å².